The zero-order valence-corrected chi connectivity index (χ0v) is 23.8. The monoisotopic (exact) mass is 556 g/mol. The molecular weight excluding hydrogens is 520 g/mol. The van der Waals surface area contributed by atoms with E-state index in [0.717, 1.165) is 30.6 Å². The molecule has 1 fully saturated rings. The van der Waals surface area contributed by atoms with Crippen molar-refractivity contribution in [2.45, 2.75) is 52.2 Å². The first kappa shape index (κ1) is 27.9. The lowest BCUT2D eigenvalue weighted by molar-refractivity contribution is 0.0636. The summed E-state index contributed by atoms with van der Waals surface area (Å²) < 4.78 is 7.21. The van der Waals surface area contributed by atoms with Crippen molar-refractivity contribution in [3.05, 3.63) is 67.1 Å². The molecule has 0 saturated carbocycles. The molecule has 0 radical (unpaired) electrons. The number of ether oxygens (including phenoxy) is 1. The van der Waals surface area contributed by atoms with Crippen LogP contribution < -0.4 is 16.0 Å². The second-order valence-corrected chi connectivity index (χ2v) is 11.3. The first-order valence-electron chi connectivity index (χ1n) is 13.8. The maximum atomic E-state index is 12.8. The van der Waals surface area contributed by atoms with E-state index in [0.29, 0.717) is 29.5 Å². The van der Waals surface area contributed by atoms with Gasteiger partial charge in [-0.25, -0.2) is 19.6 Å². The maximum Gasteiger partial charge on any atom is 0.412 e. The Labute approximate surface area is 239 Å². The number of amides is 3. The van der Waals surface area contributed by atoms with E-state index < -0.39 is 11.7 Å². The van der Waals surface area contributed by atoms with E-state index in [9.17, 15) is 9.59 Å². The van der Waals surface area contributed by atoms with Crippen molar-refractivity contribution < 1.29 is 14.3 Å². The van der Waals surface area contributed by atoms with Crippen molar-refractivity contribution in [3.8, 4) is 5.82 Å². The summed E-state index contributed by atoms with van der Waals surface area (Å²) in [6.45, 7) is 8.94. The fourth-order valence-corrected chi connectivity index (χ4v) is 4.90. The summed E-state index contributed by atoms with van der Waals surface area (Å²) in [5.74, 6) is 1.42. The van der Waals surface area contributed by atoms with Crippen LogP contribution in [-0.2, 0) is 4.74 Å². The van der Waals surface area contributed by atoms with Crippen LogP contribution in [0.3, 0.4) is 0 Å². The van der Waals surface area contributed by atoms with Gasteiger partial charge in [-0.1, -0.05) is 18.2 Å². The molecular formula is C30H36N8O3. The maximum absolute atomic E-state index is 12.8. The molecule has 4 aromatic rings. The number of carbonyl (C=O) groups excluding carboxylic acids is 2. The smallest absolute Gasteiger partial charge is 0.412 e. The van der Waals surface area contributed by atoms with E-state index in [2.05, 4.69) is 32.8 Å². The quantitative estimate of drug-likeness (QED) is 0.270. The van der Waals surface area contributed by atoms with Crippen molar-refractivity contribution in [2.24, 2.45) is 5.92 Å². The van der Waals surface area contributed by atoms with Crippen molar-refractivity contribution in [1.29, 1.82) is 0 Å². The predicted octanol–water partition coefficient (Wildman–Crippen LogP) is 5.91. The van der Waals surface area contributed by atoms with Gasteiger partial charge in [-0.15, -0.1) is 0 Å². The van der Waals surface area contributed by atoms with Gasteiger partial charge in [0.2, 0.25) is 5.95 Å². The molecule has 2 aromatic heterocycles. The number of hydrogen-bond acceptors (Lipinski definition) is 7. The Kier molecular flexibility index (Phi) is 8.04. The first-order valence-corrected chi connectivity index (χ1v) is 13.8. The van der Waals surface area contributed by atoms with Crippen LogP contribution in [-0.4, -0.2) is 61.3 Å². The zero-order valence-electron chi connectivity index (χ0n) is 23.8. The van der Waals surface area contributed by atoms with Crippen LogP contribution in [0, 0.1) is 5.92 Å². The normalized spacial score (nSPS) is 16.2. The molecule has 11 heteroatoms. The number of nitrogens with one attached hydrogen (secondary N) is 3. The highest BCUT2D eigenvalue weighted by Gasteiger charge is 2.28. The Morgan fingerprint density at radius 2 is 1.83 bits per heavy atom. The van der Waals surface area contributed by atoms with Gasteiger partial charge in [0, 0.05) is 36.7 Å². The summed E-state index contributed by atoms with van der Waals surface area (Å²) in [4.78, 5) is 40.5. The minimum Gasteiger partial charge on any atom is -0.444 e. The first-order chi connectivity index (χ1) is 19.6. The molecule has 11 nitrogen and oxygen atoms in total. The van der Waals surface area contributed by atoms with Gasteiger partial charge in [0.15, 0.2) is 0 Å². The Balaban J connectivity index is 1.23. The van der Waals surface area contributed by atoms with Crippen LogP contribution in [0.25, 0.3) is 16.9 Å². The Hall–Kier alpha value is -4.67. The minimum absolute atomic E-state index is 0.0543. The van der Waals surface area contributed by atoms with E-state index in [-0.39, 0.29) is 18.0 Å². The number of likely N-dealkylation sites (tertiary alicyclic amines) is 1. The molecule has 3 amide bonds. The standard InChI is InChI=1S/C30H36N8O3/c1-20(21-9-8-16-37(18-21)28(39)34-22-10-6-5-7-11-22)33-27-31-15-14-26(36-27)38-19-32-24-17-23(12-13-25(24)38)35-29(40)41-30(2,3)4/h5-7,10-15,17,19-21H,8-9,16,18H2,1-4H3,(H,34,39)(H,35,40)(H,31,33,36). The van der Waals surface area contributed by atoms with E-state index >= 15 is 0 Å². The number of piperidine rings is 1. The highest BCUT2D eigenvalue weighted by Crippen LogP contribution is 2.24. The van der Waals surface area contributed by atoms with E-state index in [1.165, 1.54) is 0 Å². The van der Waals surface area contributed by atoms with Gasteiger partial charge in [0.25, 0.3) is 0 Å². The van der Waals surface area contributed by atoms with Crippen LogP contribution in [0.1, 0.15) is 40.5 Å². The number of fused-ring (bicyclic) bond motifs is 1. The number of urea groups is 1. The number of anilines is 3. The molecule has 5 rings (SSSR count). The number of nitrogens with zero attached hydrogens (tertiary/aromatic N) is 5. The SMILES string of the molecule is CC(Nc1nccc(-n2cnc3cc(NC(=O)OC(C)(C)C)ccc32)n1)C1CCCN(C(=O)Nc2ccccc2)C1. The van der Waals surface area contributed by atoms with E-state index in [1.54, 1.807) is 24.7 Å². The summed E-state index contributed by atoms with van der Waals surface area (Å²) in [5, 5.41) is 9.18. The van der Waals surface area contributed by atoms with Crippen molar-refractivity contribution in [2.75, 3.05) is 29.0 Å². The Bertz CT molecular complexity index is 1520. The van der Waals surface area contributed by atoms with Crippen molar-refractivity contribution in [3.63, 3.8) is 0 Å². The number of benzene rings is 2. The van der Waals surface area contributed by atoms with Crippen molar-refractivity contribution in [1.82, 2.24) is 24.4 Å². The second-order valence-electron chi connectivity index (χ2n) is 11.3. The summed E-state index contributed by atoms with van der Waals surface area (Å²) in [6.07, 6.45) is 4.83. The van der Waals surface area contributed by atoms with Crippen LogP contribution in [0.4, 0.5) is 26.9 Å². The number of imidazole rings is 1. The van der Waals surface area contributed by atoms with Crippen molar-refractivity contribution >= 4 is 40.5 Å². The van der Waals surface area contributed by atoms with Crippen LogP contribution in [0.15, 0.2) is 67.1 Å². The lowest BCUT2D eigenvalue weighted by atomic mass is 9.92. The molecule has 3 N–H and O–H groups in total. The third kappa shape index (κ3) is 7.10. The number of rotatable bonds is 6. The lowest BCUT2D eigenvalue weighted by Crippen LogP contribution is -2.46. The minimum atomic E-state index is -0.584. The summed E-state index contributed by atoms with van der Waals surface area (Å²) >= 11 is 0. The average Bonchev–Trinajstić information content (AvgIpc) is 3.36. The zero-order chi connectivity index (χ0) is 29.0. The molecule has 1 saturated heterocycles. The molecule has 214 valence electrons. The van der Waals surface area contributed by atoms with Gasteiger partial charge in [0.05, 0.1) is 11.0 Å². The Morgan fingerprint density at radius 1 is 1.02 bits per heavy atom. The number of hydrogen-bond donors (Lipinski definition) is 3. The third-order valence-electron chi connectivity index (χ3n) is 6.91. The van der Waals surface area contributed by atoms with Crippen LogP contribution in [0.2, 0.25) is 0 Å². The van der Waals surface area contributed by atoms with Gasteiger partial charge in [-0.3, -0.25) is 9.88 Å². The molecule has 0 bridgehead atoms. The van der Waals surface area contributed by atoms with Crippen LogP contribution in [0.5, 0.6) is 0 Å². The highest BCUT2D eigenvalue weighted by molar-refractivity contribution is 5.90. The third-order valence-corrected chi connectivity index (χ3v) is 6.91. The predicted molar refractivity (Wildman–Crippen MR) is 159 cm³/mol. The topological polar surface area (TPSA) is 126 Å². The van der Waals surface area contributed by atoms with Gasteiger partial charge >= 0.3 is 12.1 Å². The van der Waals surface area contributed by atoms with Crippen LogP contribution >= 0.6 is 0 Å². The second kappa shape index (κ2) is 11.8. The van der Waals surface area contributed by atoms with Gasteiger partial charge < -0.3 is 20.3 Å². The largest absolute Gasteiger partial charge is 0.444 e. The fourth-order valence-electron chi connectivity index (χ4n) is 4.90. The number of aromatic nitrogens is 4. The van der Waals surface area contributed by atoms with E-state index in [4.69, 9.17) is 9.72 Å². The summed E-state index contributed by atoms with van der Waals surface area (Å²) in [5.41, 5.74) is 2.34. The van der Waals surface area contributed by atoms with Gasteiger partial charge in [-0.05, 0) is 82.9 Å². The number of carbonyl (C=O) groups is 2. The van der Waals surface area contributed by atoms with Gasteiger partial charge in [0.1, 0.15) is 17.7 Å². The molecule has 2 atom stereocenters. The highest BCUT2D eigenvalue weighted by atomic mass is 16.6. The fraction of sp³-hybridized carbons (Fsp3) is 0.367. The molecule has 3 heterocycles. The molecule has 0 aliphatic carbocycles. The molecule has 2 unspecified atom stereocenters. The molecule has 0 spiro atoms. The summed E-state index contributed by atoms with van der Waals surface area (Å²) in [7, 11) is 0. The lowest BCUT2D eigenvalue weighted by Gasteiger charge is -2.36. The molecule has 1 aliphatic rings. The molecule has 1 aliphatic heterocycles. The van der Waals surface area contributed by atoms with E-state index in [1.807, 2.05) is 72.7 Å². The average molecular weight is 557 g/mol. The summed E-state index contributed by atoms with van der Waals surface area (Å²) in [6, 6.07) is 16.8. The molecule has 2 aromatic carbocycles. The number of para-hydroxylation sites is 1. The Morgan fingerprint density at radius 3 is 2.61 bits per heavy atom. The molecule has 41 heavy (non-hydrogen) atoms. The van der Waals surface area contributed by atoms with Gasteiger partial charge in [-0.2, -0.15) is 4.98 Å².